The second-order valence-corrected chi connectivity index (χ2v) is 4.19. The van der Waals surface area contributed by atoms with E-state index >= 15 is 0 Å². The molecule has 0 amide bonds. The van der Waals surface area contributed by atoms with E-state index in [4.69, 9.17) is 5.11 Å². The van der Waals surface area contributed by atoms with Crippen molar-refractivity contribution in [2.45, 2.75) is 20.4 Å². The number of likely N-dealkylation sites (N-methyl/N-ethyl adjacent to an activating group) is 1. The third kappa shape index (κ3) is 4.11. The van der Waals surface area contributed by atoms with Crippen LogP contribution < -0.4 is 5.32 Å². The molecule has 6 heteroatoms. The molecular weight excluding hydrogens is 212 g/mol. The summed E-state index contributed by atoms with van der Waals surface area (Å²) < 4.78 is 0. The maximum absolute atomic E-state index is 8.85. The van der Waals surface area contributed by atoms with Gasteiger partial charge in [0.25, 0.3) is 0 Å². The van der Waals surface area contributed by atoms with Crippen LogP contribution in [0.1, 0.15) is 18.9 Å². The van der Waals surface area contributed by atoms with Gasteiger partial charge in [-0.25, -0.2) is 0 Å². The molecule has 0 fully saturated rings. The normalized spacial score (nSPS) is 10.9. The van der Waals surface area contributed by atoms with Crippen molar-refractivity contribution in [3.63, 3.8) is 0 Å². The van der Waals surface area contributed by atoms with Crippen molar-refractivity contribution in [3.05, 3.63) is 5.01 Å². The van der Waals surface area contributed by atoms with Gasteiger partial charge in [-0.2, -0.15) is 0 Å². The summed E-state index contributed by atoms with van der Waals surface area (Å²) >= 11 is 1.57. The first-order valence-corrected chi connectivity index (χ1v) is 6.01. The second kappa shape index (κ2) is 6.71. The van der Waals surface area contributed by atoms with Crippen LogP contribution in [-0.2, 0) is 6.54 Å². The largest absolute Gasteiger partial charge is 0.395 e. The molecule has 1 aromatic heterocycles. The Hall–Kier alpha value is -0.720. The van der Waals surface area contributed by atoms with E-state index < -0.39 is 0 Å². The van der Waals surface area contributed by atoms with Crippen LogP contribution in [-0.4, -0.2) is 46.4 Å². The summed E-state index contributed by atoms with van der Waals surface area (Å²) in [6.07, 6.45) is 0. The molecule has 0 aliphatic carbocycles. The van der Waals surface area contributed by atoms with E-state index in [0.29, 0.717) is 6.54 Å². The van der Waals surface area contributed by atoms with Gasteiger partial charge in [0, 0.05) is 13.1 Å². The number of aromatic nitrogens is 2. The molecule has 2 N–H and O–H groups in total. The van der Waals surface area contributed by atoms with Crippen molar-refractivity contribution in [2.24, 2.45) is 0 Å². The van der Waals surface area contributed by atoms with Crippen molar-refractivity contribution in [3.8, 4) is 0 Å². The van der Waals surface area contributed by atoms with E-state index in [1.807, 2.05) is 6.92 Å². The van der Waals surface area contributed by atoms with Gasteiger partial charge in [0.15, 0.2) is 0 Å². The van der Waals surface area contributed by atoms with Crippen LogP contribution in [0.25, 0.3) is 0 Å². The van der Waals surface area contributed by atoms with Gasteiger partial charge in [-0.15, -0.1) is 10.2 Å². The Morgan fingerprint density at radius 2 is 2.20 bits per heavy atom. The number of rotatable bonds is 7. The molecule has 0 bridgehead atoms. The third-order valence-electron chi connectivity index (χ3n) is 2.02. The summed E-state index contributed by atoms with van der Waals surface area (Å²) in [4.78, 5) is 2.14. The maximum atomic E-state index is 8.85. The van der Waals surface area contributed by atoms with Crippen molar-refractivity contribution < 1.29 is 5.11 Å². The van der Waals surface area contributed by atoms with Gasteiger partial charge in [-0.1, -0.05) is 18.3 Å². The quantitative estimate of drug-likeness (QED) is 0.725. The molecule has 0 saturated carbocycles. The van der Waals surface area contributed by atoms with E-state index in [0.717, 1.165) is 29.8 Å². The molecule has 0 spiro atoms. The molecule has 5 nitrogen and oxygen atoms in total. The summed E-state index contributed by atoms with van der Waals surface area (Å²) in [6.45, 7) is 7.52. The molecule has 0 saturated heterocycles. The highest BCUT2D eigenvalue weighted by molar-refractivity contribution is 7.15. The van der Waals surface area contributed by atoms with Crippen LogP contribution in [0.2, 0.25) is 0 Å². The average Bonchev–Trinajstić information content (AvgIpc) is 2.66. The van der Waals surface area contributed by atoms with Crippen LogP contribution >= 0.6 is 11.3 Å². The number of nitrogens with one attached hydrogen (secondary N) is 1. The Labute approximate surface area is 94.1 Å². The number of aliphatic hydroxyl groups excluding tert-OH is 1. The number of hydrogen-bond donors (Lipinski definition) is 2. The van der Waals surface area contributed by atoms with E-state index in [1.54, 1.807) is 11.3 Å². The lowest BCUT2D eigenvalue weighted by atomic mass is 10.5. The van der Waals surface area contributed by atoms with Crippen LogP contribution in [0.3, 0.4) is 0 Å². The van der Waals surface area contributed by atoms with Gasteiger partial charge in [-0.05, 0) is 13.5 Å². The molecule has 1 aromatic rings. The Bertz CT molecular complexity index is 279. The zero-order valence-electron chi connectivity index (χ0n) is 9.23. The highest BCUT2D eigenvalue weighted by Gasteiger charge is 2.07. The lowest BCUT2D eigenvalue weighted by Gasteiger charge is -2.16. The molecule has 86 valence electrons. The topological polar surface area (TPSA) is 61.3 Å². The summed E-state index contributed by atoms with van der Waals surface area (Å²) in [5.41, 5.74) is 0. The molecule has 0 atom stereocenters. The predicted octanol–water partition coefficient (Wildman–Crippen LogP) is 0.784. The fourth-order valence-electron chi connectivity index (χ4n) is 1.22. The minimum Gasteiger partial charge on any atom is -0.395 e. The standard InChI is InChI=1S/C9H18N4OS/c1-3-10-9-12-11-8(15-9)7-13(4-2)5-6-14/h14H,3-7H2,1-2H3,(H,10,12). The van der Waals surface area contributed by atoms with Gasteiger partial charge in [0.1, 0.15) is 5.01 Å². The van der Waals surface area contributed by atoms with Crippen LogP contribution in [0, 0.1) is 0 Å². The summed E-state index contributed by atoms with van der Waals surface area (Å²) in [5, 5.41) is 21.9. The van der Waals surface area contributed by atoms with Gasteiger partial charge in [0.2, 0.25) is 5.13 Å². The highest BCUT2D eigenvalue weighted by Crippen LogP contribution is 2.16. The van der Waals surface area contributed by atoms with Crippen LogP contribution in [0.4, 0.5) is 5.13 Å². The Kier molecular flexibility index (Phi) is 5.52. The van der Waals surface area contributed by atoms with Crippen molar-refractivity contribution in [1.29, 1.82) is 0 Å². The number of hydrogen-bond acceptors (Lipinski definition) is 6. The van der Waals surface area contributed by atoms with E-state index in [-0.39, 0.29) is 6.61 Å². The van der Waals surface area contributed by atoms with Gasteiger partial charge in [0.05, 0.1) is 13.2 Å². The van der Waals surface area contributed by atoms with E-state index in [2.05, 4.69) is 27.3 Å². The van der Waals surface area contributed by atoms with Crippen LogP contribution in [0.5, 0.6) is 0 Å². The van der Waals surface area contributed by atoms with E-state index in [9.17, 15) is 0 Å². The molecular formula is C9H18N4OS. The first kappa shape index (κ1) is 12.4. The first-order chi connectivity index (χ1) is 7.30. The summed E-state index contributed by atoms with van der Waals surface area (Å²) in [7, 11) is 0. The summed E-state index contributed by atoms with van der Waals surface area (Å²) in [6, 6.07) is 0. The molecule has 0 radical (unpaired) electrons. The van der Waals surface area contributed by atoms with E-state index in [1.165, 1.54) is 0 Å². The SMILES string of the molecule is CCNc1nnc(CN(CC)CCO)s1. The molecule has 1 heterocycles. The van der Waals surface area contributed by atoms with Crippen molar-refractivity contribution in [1.82, 2.24) is 15.1 Å². The maximum Gasteiger partial charge on any atom is 0.205 e. The fourth-order valence-corrected chi connectivity index (χ4v) is 2.07. The zero-order valence-corrected chi connectivity index (χ0v) is 10.0. The molecule has 0 aliphatic heterocycles. The Balaban J connectivity index is 2.47. The lowest BCUT2D eigenvalue weighted by molar-refractivity contribution is 0.196. The Morgan fingerprint density at radius 3 is 2.80 bits per heavy atom. The number of anilines is 1. The second-order valence-electron chi connectivity index (χ2n) is 3.12. The summed E-state index contributed by atoms with van der Waals surface area (Å²) in [5.74, 6) is 0. The molecule has 1 rings (SSSR count). The molecule has 0 aliphatic rings. The minimum atomic E-state index is 0.187. The number of nitrogens with zero attached hydrogens (tertiary/aromatic N) is 3. The Morgan fingerprint density at radius 1 is 1.40 bits per heavy atom. The zero-order chi connectivity index (χ0) is 11.1. The molecule has 0 unspecified atom stereocenters. The number of aliphatic hydroxyl groups is 1. The van der Waals surface area contributed by atoms with Gasteiger partial charge < -0.3 is 10.4 Å². The smallest absolute Gasteiger partial charge is 0.205 e. The molecule has 15 heavy (non-hydrogen) atoms. The van der Waals surface area contributed by atoms with Crippen molar-refractivity contribution in [2.75, 3.05) is 31.6 Å². The lowest BCUT2D eigenvalue weighted by Crippen LogP contribution is -2.25. The highest BCUT2D eigenvalue weighted by atomic mass is 32.1. The fraction of sp³-hybridized carbons (Fsp3) is 0.778. The third-order valence-corrected chi connectivity index (χ3v) is 2.88. The predicted molar refractivity (Wildman–Crippen MR) is 62.1 cm³/mol. The monoisotopic (exact) mass is 230 g/mol. The minimum absolute atomic E-state index is 0.187. The van der Waals surface area contributed by atoms with Crippen LogP contribution in [0.15, 0.2) is 0 Å². The first-order valence-electron chi connectivity index (χ1n) is 5.19. The average molecular weight is 230 g/mol. The van der Waals surface area contributed by atoms with Gasteiger partial charge >= 0.3 is 0 Å². The molecule has 0 aromatic carbocycles. The van der Waals surface area contributed by atoms with Gasteiger partial charge in [-0.3, -0.25) is 4.90 Å². The van der Waals surface area contributed by atoms with Crippen molar-refractivity contribution >= 4 is 16.5 Å².